The van der Waals surface area contributed by atoms with Gasteiger partial charge in [-0.3, -0.25) is 4.79 Å². The van der Waals surface area contributed by atoms with Crippen LogP contribution in [-0.2, 0) is 16.8 Å². The number of nitrogens with one attached hydrogen (secondary N) is 1. The summed E-state index contributed by atoms with van der Waals surface area (Å²) < 4.78 is 16.2. The van der Waals surface area contributed by atoms with E-state index >= 15 is 0 Å². The number of hydrogen-bond donors (Lipinski definition) is 1. The first kappa shape index (κ1) is 19.1. The lowest BCUT2D eigenvalue weighted by Crippen LogP contribution is -2.34. The Morgan fingerprint density at radius 2 is 1.79 bits per heavy atom. The Morgan fingerprint density at radius 3 is 2.45 bits per heavy atom. The van der Waals surface area contributed by atoms with Gasteiger partial charge in [0.25, 0.3) is 0 Å². The van der Waals surface area contributed by atoms with Crippen molar-refractivity contribution in [3.05, 3.63) is 65.4 Å². The maximum Gasteiger partial charge on any atom is 0.232 e. The zero-order chi connectivity index (χ0) is 20.4. The van der Waals surface area contributed by atoms with Gasteiger partial charge in [0.1, 0.15) is 0 Å². The highest BCUT2D eigenvalue weighted by molar-refractivity contribution is 5.91. The molecule has 1 fully saturated rings. The van der Waals surface area contributed by atoms with Gasteiger partial charge in [0.2, 0.25) is 5.91 Å². The molecule has 1 heterocycles. The van der Waals surface area contributed by atoms with Gasteiger partial charge in [0.15, 0.2) is 17.3 Å². The van der Waals surface area contributed by atoms with E-state index in [4.69, 9.17) is 14.0 Å². The van der Waals surface area contributed by atoms with E-state index in [9.17, 15) is 4.79 Å². The molecule has 0 atom stereocenters. The molecule has 2 aromatic carbocycles. The Balaban J connectivity index is 1.49. The average molecular weight is 392 g/mol. The first-order valence-corrected chi connectivity index (χ1v) is 9.59. The molecule has 0 radical (unpaired) electrons. The molecular weight excluding hydrogens is 368 g/mol. The van der Waals surface area contributed by atoms with Gasteiger partial charge in [0, 0.05) is 18.2 Å². The summed E-state index contributed by atoms with van der Waals surface area (Å²) in [5.41, 5.74) is 3.17. The third kappa shape index (κ3) is 3.70. The molecule has 0 saturated heterocycles. The minimum Gasteiger partial charge on any atom is -0.493 e. The normalized spacial score (nSPS) is 14.3. The molecule has 1 saturated carbocycles. The molecule has 6 heteroatoms. The van der Waals surface area contributed by atoms with E-state index in [1.54, 1.807) is 14.2 Å². The van der Waals surface area contributed by atoms with Gasteiger partial charge in [-0.15, -0.1) is 0 Å². The Labute approximate surface area is 169 Å². The summed E-state index contributed by atoms with van der Waals surface area (Å²) in [7, 11) is 3.18. The first-order chi connectivity index (χ1) is 14.1. The van der Waals surface area contributed by atoms with Crippen LogP contribution >= 0.6 is 0 Å². The molecule has 1 N–H and O–H groups in total. The second-order valence-corrected chi connectivity index (χ2v) is 7.40. The monoisotopic (exact) mass is 392 g/mol. The molecule has 0 spiro atoms. The minimum absolute atomic E-state index is 0.00904. The summed E-state index contributed by atoms with van der Waals surface area (Å²) in [6, 6.07) is 15.5. The fourth-order valence-electron chi connectivity index (χ4n) is 3.41. The van der Waals surface area contributed by atoms with Crippen LogP contribution in [0.2, 0.25) is 0 Å². The van der Waals surface area contributed by atoms with Gasteiger partial charge >= 0.3 is 0 Å². The number of nitrogens with zero attached hydrogens (tertiary/aromatic N) is 1. The average Bonchev–Trinajstić information content (AvgIpc) is 3.42. The summed E-state index contributed by atoms with van der Waals surface area (Å²) in [6.45, 7) is 2.55. The van der Waals surface area contributed by atoms with E-state index in [1.165, 1.54) is 5.56 Å². The van der Waals surface area contributed by atoms with Crippen molar-refractivity contribution < 1.29 is 18.8 Å². The Kier molecular flexibility index (Phi) is 5.01. The number of hydrogen-bond acceptors (Lipinski definition) is 5. The van der Waals surface area contributed by atoms with E-state index in [1.807, 2.05) is 55.5 Å². The number of ether oxygens (including phenoxy) is 2. The summed E-state index contributed by atoms with van der Waals surface area (Å²) >= 11 is 0. The van der Waals surface area contributed by atoms with Crippen LogP contribution in [0, 0.1) is 6.92 Å². The molecule has 0 unspecified atom stereocenters. The quantitative estimate of drug-likeness (QED) is 0.658. The summed E-state index contributed by atoms with van der Waals surface area (Å²) in [4.78, 5) is 12.9. The molecule has 4 rings (SSSR count). The van der Waals surface area contributed by atoms with Crippen molar-refractivity contribution in [1.82, 2.24) is 10.5 Å². The third-order valence-electron chi connectivity index (χ3n) is 5.43. The number of benzene rings is 2. The Bertz CT molecular complexity index is 1020. The number of methoxy groups -OCH3 is 2. The predicted octanol–water partition coefficient (Wildman–Crippen LogP) is 4.02. The second-order valence-electron chi connectivity index (χ2n) is 7.40. The van der Waals surface area contributed by atoms with Crippen molar-refractivity contribution >= 4 is 5.91 Å². The number of rotatable bonds is 7. The SMILES string of the molecule is COc1ccc(-c2cc(C3(C(=O)NCc4ccc(C)cc4)CC3)no2)cc1OC. The zero-order valence-electron chi connectivity index (χ0n) is 16.8. The van der Waals surface area contributed by atoms with Gasteiger partial charge in [-0.05, 0) is 43.5 Å². The lowest BCUT2D eigenvalue weighted by Gasteiger charge is -2.12. The van der Waals surface area contributed by atoms with Gasteiger partial charge in [-0.25, -0.2) is 0 Å². The van der Waals surface area contributed by atoms with Gasteiger partial charge in [-0.2, -0.15) is 0 Å². The van der Waals surface area contributed by atoms with Crippen LogP contribution in [0.15, 0.2) is 53.1 Å². The van der Waals surface area contributed by atoms with Crippen LogP contribution in [0.5, 0.6) is 11.5 Å². The van der Waals surface area contributed by atoms with Gasteiger partial charge < -0.3 is 19.3 Å². The molecule has 29 heavy (non-hydrogen) atoms. The minimum atomic E-state index is -0.594. The van der Waals surface area contributed by atoms with E-state index in [0.29, 0.717) is 29.5 Å². The van der Waals surface area contributed by atoms with Crippen molar-refractivity contribution in [3.8, 4) is 22.8 Å². The number of carbonyl (C=O) groups is 1. The highest BCUT2D eigenvalue weighted by Gasteiger charge is 2.53. The number of aryl methyl sites for hydroxylation is 1. The molecule has 0 bridgehead atoms. The molecule has 150 valence electrons. The van der Waals surface area contributed by atoms with E-state index in [-0.39, 0.29) is 5.91 Å². The largest absolute Gasteiger partial charge is 0.493 e. The van der Waals surface area contributed by atoms with Crippen LogP contribution in [-0.4, -0.2) is 25.3 Å². The molecular formula is C23H24N2O4. The lowest BCUT2D eigenvalue weighted by molar-refractivity contribution is -0.123. The number of carbonyl (C=O) groups excluding carboxylic acids is 1. The molecule has 1 aliphatic carbocycles. The lowest BCUT2D eigenvalue weighted by atomic mass is 10.00. The highest BCUT2D eigenvalue weighted by atomic mass is 16.5. The highest BCUT2D eigenvalue weighted by Crippen LogP contribution is 2.48. The van der Waals surface area contributed by atoms with Crippen molar-refractivity contribution in [2.45, 2.75) is 31.7 Å². The third-order valence-corrected chi connectivity index (χ3v) is 5.43. The molecule has 6 nitrogen and oxygen atoms in total. The molecule has 1 aromatic heterocycles. The topological polar surface area (TPSA) is 73.6 Å². The molecule has 3 aromatic rings. The van der Waals surface area contributed by atoms with Crippen LogP contribution in [0.25, 0.3) is 11.3 Å². The van der Waals surface area contributed by atoms with Crippen LogP contribution in [0.1, 0.15) is 29.7 Å². The summed E-state index contributed by atoms with van der Waals surface area (Å²) in [5, 5.41) is 7.25. The molecule has 1 amide bonds. The summed E-state index contributed by atoms with van der Waals surface area (Å²) in [6.07, 6.45) is 1.54. The number of amides is 1. The smallest absolute Gasteiger partial charge is 0.232 e. The second kappa shape index (κ2) is 7.62. The zero-order valence-corrected chi connectivity index (χ0v) is 16.8. The van der Waals surface area contributed by atoms with Crippen LogP contribution in [0.3, 0.4) is 0 Å². The van der Waals surface area contributed by atoms with Crippen molar-refractivity contribution in [2.24, 2.45) is 0 Å². The Hall–Kier alpha value is -3.28. The van der Waals surface area contributed by atoms with Crippen molar-refractivity contribution in [3.63, 3.8) is 0 Å². The standard InChI is InChI=1S/C23H24N2O4/c1-15-4-6-16(7-5-15)14-24-22(26)23(10-11-23)21-13-19(29-25-21)17-8-9-18(27-2)20(12-17)28-3/h4-9,12-13H,10-11,14H2,1-3H3,(H,24,26). The Morgan fingerprint density at radius 1 is 1.07 bits per heavy atom. The van der Waals surface area contributed by atoms with E-state index in [0.717, 1.165) is 24.0 Å². The number of aromatic nitrogens is 1. The van der Waals surface area contributed by atoms with Crippen LogP contribution in [0.4, 0.5) is 0 Å². The van der Waals surface area contributed by atoms with E-state index < -0.39 is 5.41 Å². The molecule has 0 aliphatic heterocycles. The fraction of sp³-hybridized carbons (Fsp3) is 0.304. The fourth-order valence-corrected chi connectivity index (χ4v) is 3.41. The van der Waals surface area contributed by atoms with Gasteiger partial charge in [0.05, 0.1) is 25.3 Å². The predicted molar refractivity (Wildman–Crippen MR) is 109 cm³/mol. The van der Waals surface area contributed by atoms with Gasteiger partial charge in [-0.1, -0.05) is 35.0 Å². The van der Waals surface area contributed by atoms with Crippen LogP contribution < -0.4 is 14.8 Å². The summed E-state index contributed by atoms with van der Waals surface area (Å²) in [5.74, 6) is 1.84. The maximum absolute atomic E-state index is 12.9. The van der Waals surface area contributed by atoms with E-state index in [2.05, 4.69) is 10.5 Å². The maximum atomic E-state index is 12.9. The molecule has 1 aliphatic rings. The van der Waals surface area contributed by atoms with Crippen molar-refractivity contribution in [1.29, 1.82) is 0 Å². The van der Waals surface area contributed by atoms with Crippen molar-refractivity contribution in [2.75, 3.05) is 14.2 Å². The first-order valence-electron chi connectivity index (χ1n) is 9.59.